The Kier molecular flexibility index (Phi) is 5.55. The Labute approximate surface area is 154 Å². The van der Waals surface area contributed by atoms with E-state index in [9.17, 15) is 13.2 Å². The number of hydrogen-bond acceptors (Lipinski definition) is 3. The van der Waals surface area contributed by atoms with Crippen LogP contribution in [0, 0.1) is 0 Å². The van der Waals surface area contributed by atoms with E-state index in [1.54, 1.807) is 0 Å². The average Bonchev–Trinajstić information content (AvgIpc) is 3.05. The standard InChI is InChI=1S/C17H24ClN3O3S/c1-25(23,24)20-10-2-4-15(12-20)19-17(22)21-11-3-5-16(21)13-6-8-14(18)9-7-13/h6-9,15-16H,2-5,10-12H2,1H3,(H,19,22). The van der Waals surface area contributed by atoms with Gasteiger partial charge in [0.2, 0.25) is 10.0 Å². The van der Waals surface area contributed by atoms with Gasteiger partial charge in [0, 0.05) is 30.7 Å². The molecule has 2 heterocycles. The molecule has 0 bridgehead atoms. The fourth-order valence-electron chi connectivity index (χ4n) is 3.66. The van der Waals surface area contributed by atoms with Gasteiger partial charge in [-0.25, -0.2) is 17.5 Å². The number of hydrogen-bond donors (Lipinski definition) is 1. The van der Waals surface area contributed by atoms with Crippen LogP contribution in [0.2, 0.25) is 5.02 Å². The van der Waals surface area contributed by atoms with Gasteiger partial charge in [-0.05, 0) is 43.4 Å². The van der Waals surface area contributed by atoms with Crippen LogP contribution < -0.4 is 5.32 Å². The molecule has 0 aromatic heterocycles. The molecule has 1 aromatic rings. The molecule has 0 radical (unpaired) electrons. The lowest BCUT2D eigenvalue weighted by Gasteiger charge is -2.33. The number of halogens is 1. The lowest BCUT2D eigenvalue weighted by molar-refractivity contribution is 0.181. The monoisotopic (exact) mass is 385 g/mol. The Morgan fingerprint density at radius 1 is 1.16 bits per heavy atom. The van der Waals surface area contributed by atoms with Crippen LogP contribution in [0.5, 0.6) is 0 Å². The molecule has 2 aliphatic rings. The Balaban J connectivity index is 1.65. The molecular weight excluding hydrogens is 362 g/mol. The van der Waals surface area contributed by atoms with Gasteiger partial charge in [0.05, 0.1) is 12.3 Å². The van der Waals surface area contributed by atoms with Gasteiger partial charge in [-0.1, -0.05) is 23.7 Å². The number of urea groups is 1. The van der Waals surface area contributed by atoms with Gasteiger partial charge < -0.3 is 10.2 Å². The minimum absolute atomic E-state index is 0.0480. The lowest BCUT2D eigenvalue weighted by atomic mass is 10.0. The highest BCUT2D eigenvalue weighted by Crippen LogP contribution is 2.32. The van der Waals surface area contributed by atoms with Gasteiger partial charge >= 0.3 is 6.03 Å². The van der Waals surface area contributed by atoms with Gasteiger partial charge in [-0.2, -0.15) is 0 Å². The van der Waals surface area contributed by atoms with E-state index in [1.807, 2.05) is 29.2 Å². The third kappa shape index (κ3) is 4.46. The first-order valence-corrected chi connectivity index (χ1v) is 10.8. The molecule has 2 saturated heterocycles. The summed E-state index contributed by atoms with van der Waals surface area (Å²) in [6.45, 7) is 1.59. The lowest BCUT2D eigenvalue weighted by Crippen LogP contribution is -2.52. The third-order valence-electron chi connectivity index (χ3n) is 4.95. The number of rotatable bonds is 3. The van der Waals surface area contributed by atoms with Crippen LogP contribution >= 0.6 is 11.6 Å². The Bertz CT molecular complexity index is 723. The van der Waals surface area contributed by atoms with E-state index in [4.69, 9.17) is 11.6 Å². The highest BCUT2D eigenvalue weighted by atomic mass is 35.5. The number of amides is 2. The van der Waals surface area contributed by atoms with Gasteiger partial charge in [0.15, 0.2) is 0 Å². The van der Waals surface area contributed by atoms with Crippen molar-refractivity contribution in [1.29, 1.82) is 0 Å². The summed E-state index contributed by atoms with van der Waals surface area (Å²) in [6.07, 6.45) is 4.67. The van der Waals surface area contributed by atoms with Crippen LogP contribution in [0.3, 0.4) is 0 Å². The van der Waals surface area contributed by atoms with Gasteiger partial charge in [0.25, 0.3) is 0 Å². The number of piperidine rings is 1. The molecule has 6 nitrogen and oxygen atoms in total. The van der Waals surface area contributed by atoms with Crippen molar-refractivity contribution in [3.63, 3.8) is 0 Å². The highest BCUT2D eigenvalue weighted by molar-refractivity contribution is 7.88. The van der Waals surface area contributed by atoms with Gasteiger partial charge in [-0.3, -0.25) is 0 Å². The summed E-state index contributed by atoms with van der Waals surface area (Å²) in [5, 5.41) is 3.71. The van der Waals surface area contributed by atoms with Crippen molar-refractivity contribution in [3.05, 3.63) is 34.9 Å². The first-order valence-electron chi connectivity index (χ1n) is 8.62. The van der Waals surface area contributed by atoms with Crippen molar-refractivity contribution in [1.82, 2.24) is 14.5 Å². The molecule has 138 valence electrons. The molecule has 8 heteroatoms. The molecule has 0 aliphatic carbocycles. The van der Waals surface area contributed by atoms with Gasteiger partial charge in [0.1, 0.15) is 0 Å². The van der Waals surface area contributed by atoms with Crippen molar-refractivity contribution in [3.8, 4) is 0 Å². The number of nitrogens with zero attached hydrogens (tertiary/aromatic N) is 2. The van der Waals surface area contributed by atoms with Crippen molar-refractivity contribution in [2.75, 3.05) is 25.9 Å². The summed E-state index contributed by atoms with van der Waals surface area (Å²) in [7, 11) is -3.22. The molecule has 0 saturated carbocycles. The molecule has 2 aliphatic heterocycles. The second-order valence-electron chi connectivity index (χ2n) is 6.81. The maximum Gasteiger partial charge on any atom is 0.318 e. The molecule has 25 heavy (non-hydrogen) atoms. The normalized spacial score (nSPS) is 25.1. The second kappa shape index (κ2) is 7.51. The van der Waals surface area contributed by atoms with E-state index in [2.05, 4.69) is 5.32 Å². The maximum absolute atomic E-state index is 12.7. The van der Waals surface area contributed by atoms with E-state index in [0.29, 0.717) is 24.7 Å². The van der Waals surface area contributed by atoms with E-state index in [-0.39, 0.29) is 18.1 Å². The number of carbonyl (C=O) groups excluding carboxylic acids is 1. The Morgan fingerprint density at radius 3 is 2.52 bits per heavy atom. The van der Waals surface area contributed by atoms with E-state index < -0.39 is 10.0 Å². The summed E-state index contributed by atoms with van der Waals surface area (Å²) in [5.41, 5.74) is 1.08. The molecule has 2 atom stereocenters. The number of benzene rings is 1. The summed E-state index contributed by atoms with van der Waals surface area (Å²) in [5.74, 6) is 0. The fraction of sp³-hybridized carbons (Fsp3) is 0.588. The van der Waals surface area contributed by atoms with Crippen molar-refractivity contribution in [2.24, 2.45) is 0 Å². The zero-order chi connectivity index (χ0) is 18.0. The number of nitrogens with one attached hydrogen (secondary N) is 1. The smallest absolute Gasteiger partial charge is 0.318 e. The molecule has 1 aromatic carbocycles. The number of likely N-dealkylation sites (tertiary alicyclic amines) is 1. The SMILES string of the molecule is CS(=O)(=O)N1CCCC(NC(=O)N2CCCC2c2ccc(Cl)cc2)C1. The van der Waals surface area contributed by atoms with Crippen LogP contribution in [0.4, 0.5) is 4.79 Å². The average molecular weight is 386 g/mol. The van der Waals surface area contributed by atoms with Crippen molar-refractivity contribution < 1.29 is 13.2 Å². The molecular formula is C17H24ClN3O3S. The first kappa shape index (κ1) is 18.5. The van der Waals surface area contributed by atoms with Crippen LogP contribution in [0.25, 0.3) is 0 Å². The van der Waals surface area contributed by atoms with Crippen molar-refractivity contribution >= 4 is 27.7 Å². The summed E-state index contributed by atoms with van der Waals surface area (Å²) < 4.78 is 24.9. The topological polar surface area (TPSA) is 69.7 Å². The molecule has 2 unspecified atom stereocenters. The number of sulfonamides is 1. The van der Waals surface area contributed by atoms with Crippen LogP contribution in [0.1, 0.15) is 37.3 Å². The zero-order valence-corrected chi connectivity index (χ0v) is 15.9. The highest BCUT2D eigenvalue weighted by Gasteiger charge is 2.33. The Morgan fingerprint density at radius 2 is 1.84 bits per heavy atom. The van der Waals surface area contributed by atoms with Crippen molar-refractivity contribution in [2.45, 2.75) is 37.8 Å². The summed E-state index contributed by atoms with van der Waals surface area (Å²) >= 11 is 5.95. The largest absolute Gasteiger partial charge is 0.334 e. The number of carbonyl (C=O) groups is 1. The molecule has 2 fully saturated rings. The maximum atomic E-state index is 12.7. The third-order valence-corrected chi connectivity index (χ3v) is 6.47. The minimum atomic E-state index is -3.22. The molecule has 3 rings (SSSR count). The molecule has 2 amide bonds. The van der Waals surface area contributed by atoms with Crippen LogP contribution in [-0.2, 0) is 10.0 Å². The van der Waals surface area contributed by atoms with Crippen LogP contribution in [-0.4, -0.2) is 55.6 Å². The fourth-order valence-corrected chi connectivity index (χ4v) is 4.70. The molecule has 0 spiro atoms. The van der Waals surface area contributed by atoms with Crippen LogP contribution in [0.15, 0.2) is 24.3 Å². The van der Waals surface area contributed by atoms with Gasteiger partial charge in [-0.15, -0.1) is 0 Å². The van der Waals surface area contributed by atoms with E-state index in [0.717, 1.165) is 31.2 Å². The predicted octanol–water partition coefficient (Wildman–Crippen LogP) is 2.61. The first-order chi connectivity index (χ1) is 11.8. The minimum Gasteiger partial charge on any atom is -0.334 e. The summed E-state index contributed by atoms with van der Waals surface area (Å²) in [6, 6.07) is 7.41. The zero-order valence-electron chi connectivity index (χ0n) is 14.3. The predicted molar refractivity (Wildman–Crippen MR) is 98.1 cm³/mol. The Hall–Kier alpha value is -1.31. The molecule has 1 N–H and O–H groups in total. The summed E-state index contributed by atoms with van der Waals surface area (Å²) in [4.78, 5) is 14.6. The second-order valence-corrected chi connectivity index (χ2v) is 9.23. The quantitative estimate of drug-likeness (QED) is 0.869. The van der Waals surface area contributed by atoms with E-state index >= 15 is 0 Å². The van der Waals surface area contributed by atoms with E-state index in [1.165, 1.54) is 10.6 Å².